The second-order valence-corrected chi connectivity index (χ2v) is 2.33. The van der Waals surface area contributed by atoms with Crippen LogP contribution in [0.4, 0.5) is 5.69 Å². The summed E-state index contributed by atoms with van der Waals surface area (Å²) in [5, 5.41) is 11.9. The van der Waals surface area contributed by atoms with E-state index in [1.807, 2.05) is 0 Å². The van der Waals surface area contributed by atoms with Crippen LogP contribution in [-0.2, 0) is 0 Å². The molecule has 1 aromatic rings. The minimum atomic E-state index is -0.635. The van der Waals surface area contributed by atoms with Crippen LogP contribution >= 0.6 is 0 Å². The first-order chi connectivity index (χ1) is 5.25. The van der Waals surface area contributed by atoms with Crippen LogP contribution in [0.15, 0.2) is 29.4 Å². The van der Waals surface area contributed by atoms with Gasteiger partial charge in [-0.05, 0) is 18.2 Å². The maximum absolute atomic E-state index is 10.2. The van der Waals surface area contributed by atoms with Gasteiger partial charge in [-0.25, -0.2) is 0 Å². The van der Waals surface area contributed by atoms with Crippen LogP contribution in [0.25, 0.3) is 0 Å². The normalized spacial score (nSPS) is 12.5. The number of nitrogens with zero attached hydrogens (tertiary/aromatic N) is 1. The summed E-state index contributed by atoms with van der Waals surface area (Å²) in [7, 11) is 0. The summed E-state index contributed by atoms with van der Waals surface area (Å²) in [6, 6.07) is 6.73. The van der Waals surface area contributed by atoms with E-state index in [2.05, 4.69) is 5.18 Å². The van der Waals surface area contributed by atoms with Gasteiger partial charge >= 0.3 is 0 Å². The molecule has 1 rings (SSSR count). The molecule has 0 saturated heterocycles. The molecule has 0 heterocycles. The summed E-state index contributed by atoms with van der Waals surface area (Å²) in [4.78, 5) is 10.2. The molecule has 1 unspecified atom stereocenters. The summed E-state index contributed by atoms with van der Waals surface area (Å²) in [5.74, 6) is 0. The third-order valence-corrected chi connectivity index (χ3v) is 1.49. The van der Waals surface area contributed by atoms with Crippen molar-refractivity contribution in [1.82, 2.24) is 0 Å². The number of benzene rings is 1. The minimum Gasteiger partial charge on any atom is -0.389 e. The smallest absolute Gasteiger partial charge is 0.113 e. The summed E-state index contributed by atoms with van der Waals surface area (Å²) < 4.78 is 0. The molecule has 0 bridgehead atoms. The molecule has 1 atom stereocenters. The first-order valence-corrected chi connectivity index (χ1v) is 3.36. The fourth-order valence-electron chi connectivity index (χ4n) is 0.924. The molecule has 1 aromatic carbocycles. The van der Waals surface area contributed by atoms with Crippen molar-refractivity contribution in [2.24, 2.45) is 5.18 Å². The lowest BCUT2D eigenvalue weighted by atomic mass is 10.1. The first kappa shape index (κ1) is 7.88. The molecule has 0 aliphatic carbocycles. The molecule has 0 radical (unpaired) electrons. The van der Waals surface area contributed by atoms with Crippen LogP contribution in [0.5, 0.6) is 0 Å². The van der Waals surface area contributed by atoms with Gasteiger partial charge in [0.15, 0.2) is 0 Å². The highest BCUT2D eigenvalue weighted by Crippen LogP contribution is 2.24. The summed E-state index contributed by atoms with van der Waals surface area (Å²) in [6.07, 6.45) is -0.635. The molecule has 3 nitrogen and oxygen atoms in total. The lowest BCUT2D eigenvalue weighted by Crippen LogP contribution is -1.89. The topological polar surface area (TPSA) is 49.7 Å². The van der Waals surface area contributed by atoms with Gasteiger partial charge in [-0.1, -0.05) is 18.2 Å². The first-order valence-electron chi connectivity index (χ1n) is 3.36. The molecule has 1 N–H and O–H groups in total. The predicted molar refractivity (Wildman–Crippen MR) is 42.5 cm³/mol. The highest BCUT2D eigenvalue weighted by Gasteiger charge is 2.05. The SMILES string of the molecule is CC(O)c1ccccc1N=O. The van der Waals surface area contributed by atoms with Crippen molar-refractivity contribution in [2.45, 2.75) is 13.0 Å². The van der Waals surface area contributed by atoms with Crippen molar-refractivity contribution in [3.8, 4) is 0 Å². The quantitative estimate of drug-likeness (QED) is 0.658. The number of hydrogen-bond acceptors (Lipinski definition) is 3. The van der Waals surface area contributed by atoms with E-state index in [0.29, 0.717) is 11.3 Å². The Balaban J connectivity index is 3.12. The Morgan fingerprint density at radius 1 is 1.45 bits per heavy atom. The highest BCUT2D eigenvalue weighted by atomic mass is 16.3. The third-order valence-electron chi connectivity index (χ3n) is 1.49. The number of rotatable bonds is 2. The molecule has 0 fully saturated rings. The fraction of sp³-hybridized carbons (Fsp3) is 0.250. The Hall–Kier alpha value is -1.22. The largest absolute Gasteiger partial charge is 0.389 e. The van der Waals surface area contributed by atoms with Gasteiger partial charge in [-0.15, -0.1) is 4.91 Å². The standard InChI is InChI=1S/C8H9NO2/c1-6(10)7-4-2-3-5-8(7)9-11/h2-6,10H,1H3. The van der Waals surface area contributed by atoms with Gasteiger partial charge < -0.3 is 5.11 Å². The van der Waals surface area contributed by atoms with Crippen molar-refractivity contribution in [1.29, 1.82) is 0 Å². The van der Waals surface area contributed by atoms with E-state index < -0.39 is 6.10 Å². The van der Waals surface area contributed by atoms with E-state index in [9.17, 15) is 4.91 Å². The third kappa shape index (κ3) is 1.62. The van der Waals surface area contributed by atoms with E-state index in [1.165, 1.54) is 0 Å². The van der Waals surface area contributed by atoms with Gasteiger partial charge in [0.25, 0.3) is 0 Å². The highest BCUT2D eigenvalue weighted by molar-refractivity contribution is 5.46. The van der Waals surface area contributed by atoms with Crippen LogP contribution in [0.3, 0.4) is 0 Å². The van der Waals surface area contributed by atoms with Gasteiger partial charge in [-0.3, -0.25) is 0 Å². The summed E-state index contributed by atoms with van der Waals surface area (Å²) >= 11 is 0. The Kier molecular flexibility index (Phi) is 2.33. The van der Waals surface area contributed by atoms with Crippen molar-refractivity contribution in [2.75, 3.05) is 0 Å². The average Bonchev–Trinajstić information content (AvgIpc) is 2.04. The maximum Gasteiger partial charge on any atom is 0.113 e. The van der Waals surface area contributed by atoms with E-state index in [4.69, 9.17) is 5.11 Å². The summed E-state index contributed by atoms with van der Waals surface area (Å²) in [6.45, 7) is 1.60. The van der Waals surface area contributed by atoms with Crippen molar-refractivity contribution < 1.29 is 5.11 Å². The zero-order chi connectivity index (χ0) is 8.27. The van der Waals surface area contributed by atoms with Crippen LogP contribution in [0.2, 0.25) is 0 Å². The van der Waals surface area contributed by atoms with Crippen LogP contribution < -0.4 is 0 Å². The Morgan fingerprint density at radius 2 is 2.09 bits per heavy atom. The Bertz CT molecular complexity index is 258. The zero-order valence-electron chi connectivity index (χ0n) is 6.19. The van der Waals surface area contributed by atoms with Crippen molar-refractivity contribution >= 4 is 5.69 Å². The molecule has 0 saturated carbocycles. The fourth-order valence-corrected chi connectivity index (χ4v) is 0.924. The minimum absolute atomic E-state index is 0.308. The second-order valence-electron chi connectivity index (χ2n) is 2.33. The molecular weight excluding hydrogens is 142 g/mol. The predicted octanol–water partition coefficient (Wildman–Crippen LogP) is 2.14. The number of aliphatic hydroxyl groups is 1. The summed E-state index contributed by atoms with van der Waals surface area (Å²) in [5.41, 5.74) is 0.880. The van der Waals surface area contributed by atoms with Gasteiger partial charge in [-0.2, -0.15) is 0 Å². The molecule has 11 heavy (non-hydrogen) atoms. The number of aliphatic hydroxyl groups excluding tert-OH is 1. The average molecular weight is 151 g/mol. The van der Waals surface area contributed by atoms with Crippen molar-refractivity contribution in [3.63, 3.8) is 0 Å². The molecule has 0 aliphatic rings. The van der Waals surface area contributed by atoms with Gasteiger partial charge in [0.1, 0.15) is 5.69 Å². The van der Waals surface area contributed by atoms with Gasteiger partial charge in [0, 0.05) is 5.56 Å². The Morgan fingerprint density at radius 3 is 2.55 bits per heavy atom. The monoisotopic (exact) mass is 151 g/mol. The van der Waals surface area contributed by atoms with E-state index in [0.717, 1.165) is 0 Å². The van der Waals surface area contributed by atoms with E-state index in [-0.39, 0.29) is 0 Å². The van der Waals surface area contributed by atoms with Gasteiger partial charge in [0.2, 0.25) is 0 Å². The van der Waals surface area contributed by atoms with E-state index >= 15 is 0 Å². The molecule has 0 aromatic heterocycles. The van der Waals surface area contributed by atoms with Crippen LogP contribution in [0, 0.1) is 4.91 Å². The van der Waals surface area contributed by atoms with Gasteiger partial charge in [0.05, 0.1) is 6.10 Å². The number of hydrogen-bond donors (Lipinski definition) is 1. The van der Waals surface area contributed by atoms with Crippen LogP contribution in [-0.4, -0.2) is 5.11 Å². The molecule has 58 valence electrons. The number of nitroso groups, excluding NO2 is 1. The molecule has 0 amide bonds. The molecular formula is C8H9NO2. The molecule has 0 spiro atoms. The van der Waals surface area contributed by atoms with Crippen LogP contribution in [0.1, 0.15) is 18.6 Å². The van der Waals surface area contributed by atoms with E-state index in [1.54, 1.807) is 31.2 Å². The lowest BCUT2D eigenvalue weighted by Gasteiger charge is -2.04. The Labute approximate surface area is 64.7 Å². The second kappa shape index (κ2) is 3.25. The molecule has 0 aliphatic heterocycles. The lowest BCUT2D eigenvalue weighted by molar-refractivity contribution is 0.200. The zero-order valence-corrected chi connectivity index (χ0v) is 6.19. The van der Waals surface area contributed by atoms with Crippen molar-refractivity contribution in [3.05, 3.63) is 34.7 Å². The maximum atomic E-state index is 10.2. The molecule has 3 heteroatoms.